The fraction of sp³-hybridized carbons (Fsp3) is 0.591. The Labute approximate surface area is 166 Å². The van der Waals surface area contributed by atoms with E-state index >= 15 is 0 Å². The van der Waals surface area contributed by atoms with Gasteiger partial charge in [0, 0.05) is 26.2 Å². The Kier molecular flexibility index (Phi) is 4.89. The van der Waals surface area contributed by atoms with E-state index < -0.39 is 16.7 Å². The first-order valence-corrected chi connectivity index (χ1v) is 10.4. The zero-order chi connectivity index (χ0) is 19.8. The van der Waals surface area contributed by atoms with Crippen LogP contribution in [0.3, 0.4) is 0 Å². The number of carbonyl (C=O) groups excluding carboxylic acids is 3. The topological polar surface area (TPSA) is 83.7 Å². The van der Waals surface area contributed by atoms with Crippen molar-refractivity contribution in [2.45, 2.75) is 44.9 Å². The molecule has 1 aromatic rings. The molecule has 150 valence electrons. The van der Waals surface area contributed by atoms with E-state index in [1.54, 1.807) is 4.90 Å². The van der Waals surface area contributed by atoms with Gasteiger partial charge in [0.2, 0.25) is 17.7 Å². The number of hydrogen-bond donors (Lipinski definition) is 1. The van der Waals surface area contributed by atoms with E-state index in [0.29, 0.717) is 32.4 Å². The minimum atomic E-state index is -0.987. The van der Waals surface area contributed by atoms with Crippen molar-refractivity contribution in [1.82, 2.24) is 9.80 Å². The average molecular weight is 383 g/mol. The second-order valence-corrected chi connectivity index (χ2v) is 8.69. The Balaban J connectivity index is 1.36. The maximum absolute atomic E-state index is 13.3. The van der Waals surface area contributed by atoms with Gasteiger partial charge in [-0.05, 0) is 50.5 Å². The van der Waals surface area contributed by atoms with Gasteiger partial charge in [0.05, 0.1) is 5.41 Å². The van der Waals surface area contributed by atoms with Gasteiger partial charge in [0.25, 0.3) is 0 Å². The van der Waals surface area contributed by atoms with E-state index in [1.807, 2.05) is 23.1 Å². The summed E-state index contributed by atoms with van der Waals surface area (Å²) in [6.07, 6.45) is 5.49. The number of benzene rings is 1. The molecule has 2 saturated heterocycles. The van der Waals surface area contributed by atoms with Gasteiger partial charge >= 0.3 is 0 Å². The third-order valence-corrected chi connectivity index (χ3v) is 6.83. The van der Waals surface area contributed by atoms with Crippen LogP contribution in [0.4, 0.5) is 0 Å². The summed E-state index contributed by atoms with van der Waals surface area (Å²) in [6.45, 7) is 2.55. The highest BCUT2D eigenvalue weighted by atomic mass is 16.2. The van der Waals surface area contributed by atoms with Crippen molar-refractivity contribution in [3.63, 3.8) is 0 Å². The van der Waals surface area contributed by atoms with Crippen molar-refractivity contribution < 1.29 is 14.4 Å². The molecule has 0 bridgehead atoms. The van der Waals surface area contributed by atoms with Gasteiger partial charge in [-0.3, -0.25) is 14.4 Å². The quantitative estimate of drug-likeness (QED) is 0.759. The van der Waals surface area contributed by atoms with E-state index in [9.17, 15) is 14.4 Å². The molecule has 2 N–H and O–H groups in total. The number of amides is 3. The normalized spacial score (nSPS) is 25.9. The number of rotatable bonds is 6. The van der Waals surface area contributed by atoms with Crippen LogP contribution in [0.15, 0.2) is 30.3 Å². The fourth-order valence-electron chi connectivity index (χ4n) is 4.90. The molecule has 6 nitrogen and oxygen atoms in total. The molecule has 2 heterocycles. The highest BCUT2D eigenvalue weighted by Gasteiger charge is 2.59. The second-order valence-electron chi connectivity index (χ2n) is 8.69. The number of primary amides is 1. The predicted molar refractivity (Wildman–Crippen MR) is 105 cm³/mol. The van der Waals surface area contributed by atoms with Gasteiger partial charge < -0.3 is 15.5 Å². The van der Waals surface area contributed by atoms with Crippen LogP contribution in [-0.2, 0) is 20.8 Å². The van der Waals surface area contributed by atoms with E-state index in [2.05, 4.69) is 12.1 Å². The van der Waals surface area contributed by atoms with Crippen molar-refractivity contribution in [2.75, 3.05) is 26.2 Å². The van der Waals surface area contributed by atoms with Crippen LogP contribution < -0.4 is 5.73 Å². The molecule has 1 aliphatic carbocycles. The Morgan fingerprint density at radius 1 is 1.04 bits per heavy atom. The lowest BCUT2D eigenvalue weighted by atomic mass is 9.78. The van der Waals surface area contributed by atoms with Crippen molar-refractivity contribution >= 4 is 17.7 Å². The van der Waals surface area contributed by atoms with E-state index in [0.717, 1.165) is 38.8 Å². The maximum Gasteiger partial charge on any atom is 0.238 e. The Morgan fingerprint density at radius 3 is 2.46 bits per heavy atom. The van der Waals surface area contributed by atoms with Gasteiger partial charge in [0.1, 0.15) is 5.41 Å². The number of likely N-dealkylation sites (tertiary alicyclic amines) is 2. The number of carbonyl (C=O) groups is 3. The molecule has 6 heteroatoms. The minimum Gasteiger partial charge on any atom is -0.369 e. The summed E-state index contributed by atoms with van der Waals surface area (Å²) in [5, 5.41) is 0. The summed E-state index contributed by atoms with van der Waals surface area (Å²) in [5.74, 6) is -0.493. The van der Waals surface area contributed by atoms with Crippen LogP contribution in [0.5, 0.6) is 0 Å². The molecular formula is C22H29N3O3. The molecule has 1 spiro atoms. The van der Waals surface area contributed by atoms with Crippen LogP contribution in [0.1, 0.15) is 44.1 Å². The molecule has 1 saturated carbocycles. The average Bonchev–Trinajstić information content (AvgIpc) is 3.41. The summed E-state index contributed by atoms with van der Waals surface area (Å²) in [5.41, 5.74) is 5.30. The molecule has 28 heavy (non-hydrogen) atoms. The number of nitrogens with zero attached hydrogens (tertiary/aromatic N) is 2. The van der Waals surface area contributed by atoms with Gasteiger partial charge in [-0.1, -0.05) is 30.3 Å². The number of piperidine rings is 1. The Bertz CT molecular complexity index is 774. The number of hydrogen-bond acceptors (Lipinski definition) is 3. The molecule has 0 radical (unpaired) electrons. The summed E-state index contributed by atoms with van der Waals surface area (Å²) in [6, 6.07) is 10.3. The standard InChI is InChI=1S/C22H29N3O3/c23-18(26)22(10-11-22)20(28)25-15-12-21(16-25)9-5-14-24(19(21)27)13-4-8-17-6-2-1-3-7-17/h1-3,6-7H,4-5,8-16H2,(H2,23,26)/t21-/m0/s1. The first-order chi connectivity index (χ1) is 13.5. The second kappa shape index (κ2) is 7.22. The molecule has 3 amide bonds. The minimum absolute atomic E-state index is 0.161. The lowest BCUT2D eigenvalue weighted by Crippen LogP contribution is -2.51. The molecule has 3 aliphatic rings. The van der Waals surface area contributed by atoms with Crippen LogP contribution in [0, 0.1) is 10.8 Å². The lowest BCUT2D eigenvalue weighted by molar-refractivity contribution is -0.147. The van der Waals surface area contributed by atoms with Crippen LogP contribution in [0.2, 0.25) is 0 Å². The SMILES string of the molecule is NC(=O)C1(C(=O)N2CC[C@@]3(CCCN(CCCc4ccccc4)C3=O)C2)CC1. The third kappa shape index (κ3) is 3.29. The summed E-state index contributed by atoms with van der Waals surface area (Å²) >= 11 is 0. The molecule has 4 rings (SSSR count). The third-order valence-electron chi connectivity index (χ3n) is 6.83. The zero-order valence-corrected chi connectivity index (χ0v) is 16.4. The van der Waals surface area contributed by atoms with Gasteiger partial charge in [0.15, 0.2) is 0 Å². The molecule has 0 aromatic heterocycles. The highest BCUT2D eigenvalue weighted by Crippen LogP contribution is 2.49. The van der Waals surface area contributed by atoms with E-state index in [-0.39, 0.29) is 11.8 Å². The Hall–Kier alpha value is -2.37. The van der Waals surface area contributed by atoms with E-state index in [4.69, 9.17) is 5.73 Å². The smallest absolute Gasteiger partial charge is 0.238 e. The monoisotopic (exact) mass is 383 g/mol. The van der Waals surface area contributed by atoms with Crippen molar-refractivity contribution in [3.8, 4) is 0 Å². The van der Waals surface area contributed by atoms with Crippen LogP contribution in [-0.4, -0.2) is 53.7 Å². The highest BCUT2D eigenvalue weighted by molar-refractivity contribution is 6.07. The summed E-state index contributed by atoms with van der Waals surface area (Å²) in [4.78, 5) is 41.5. The zero-order valence-electron chi connectivity index (χ0n) is 16.4. The largest absolute Gasteiger partial charge is 0.369 e. The molecule has 1 atom stereocenters. The first-order valence-electron chi connectivity index (χ1n) is 10.4. The molecular weight excluding hydrogens is 354 g/mol. The first kappa shape index (κ1) is 19.0. The van der Waals surface area contributed by atoms with Crippen LogP contribution in [0.25, 0.3) is 0 Å². The van der Waals surface area contributed by atoms with E-state index in [1.165, 1.54) is 5.56 Å². The van der Waals surface area contributed by atoms with Gasteiger partial charge in [-0.25, -0.2) is 0 Å². The van der Waals surface area contributed by atoms with Crippen molar-refractivity contribution in [2.24, 2.45) is 16.6 Å². The molecule has 1 aromatic carbocycles. The van der Waals surface area contributed by atoms with Gasteiger partial charge in [-0.2, -0.15) is 0 Å². The molecule has 2 aliphatic heterocycles. The Morgan fingerprint density at radius 2 is 1.79 bits per heavy atom. The maximum atomic E-state index is 13.3. The van der Waals surface area contributed by atoms with Crippen molar-refractivity contribution in [3.05, 3.63) is 35.9 Å². The number of aryl methyl sites for hydroxylation is 1. The lowest BCUT2D eigenvalue weighted by Gasteiger charge is -2.39. The molecule has 0 unspecified atom stereocenters. The van der Waals surface area contributed by atoms with Gasteiger partial charge in [-0.15, -0.1) is 0 Å². The molecule has 3 fully saturated rings. The summed E-state index contributed by atoms with van der Waals surface area (Å²) in [7, 11) is 0. The van der Waals surface area contributed by atoms with Crippen LogP contribution >= 0.6 is 0 Å². The number of nitrogens with two attached hydrogens (primary N) is 1. The fourth-order valence-corrected chi connectivity index (χ4v) is 4.90. The summed E-state index contributed by atoms with van der Waals surface area (Å²) < 4.78 is 0. The van der Waals surface area contributed by atoms with Crippen molar-refractivity contribution in [1.29, 1.82) is 0 Å². The predicted octanol–water partition coefficient (Wildman–Crippen LogP) is 1.73.